The van der Waals surface area contributed by atoms with Crippen molar-refractivity contribution in [1.29, 1.82) is 0 Å². The molecule has 0 N–H and O–H groups in total. The second kappa shape index (κ2) is 7.86. The van der Waals surface area contributed by atoms with Crippen LogP contribution in [0.15, 0.2) is 59.4 Å². The van der Waals surface area contributed by atoms with Crippen molar-refractivity contribution >= 4 is 17.3 Å². The monoisotopic (exact) mass is 396 g/mol. The lowest BCUT2D eigenvalue weighted by atomic mass is 10.2. The third-order valence-corrected chi connectivity index (χ3v) is 5.87. The van der Waals surface area contributed by atoms with Crippen LogP contribution >= 0.6 is 11.6 Å². The number of hydrogen-bond donors (Lipinski definition) is 0. The van der Waals surface area contributed by atoms with Gasteiger partial charge in [-0.05, 0) is 43.3 Å². The summed E-state index contributed by atoms with van der Waals surface area (Å²) in [5.74, 6) is 0. The number of para-hydroxylation sites is 1. The second-order valence-electron chi connectivity index (χ2n) is 7.28. The molecule has 1 aliphatic rings. The first-order valence-corrected chi connectivity index (χ1v) is 9.98. The smallest absolute Gasteiger partial charge is 0.276 e. The van der Waals surface area contributed by atoms with Gasteiger partial charge in [-0.25, -0.2) is 4.68 Å². The van der Waals surface area contributed by atoms with E-state index in [0.717, 1.165) is 48.1 Å². The summed E-state index contributed by atoms with van der Waals surface area (Å²) in [5, 5.41) is 0.761. The van der Waals surface area contributed by atoms with Gasteiger partial charge in [0.1, 0.15) is 0 Å². The molecule has 4 rings (SSSR count). The summed E-state index contributed by atoms with van der Waals surface area (Å²) in [6.45, 7) is 6.47. The Morgan fingerprint density at radius 1 is 0.893 bits per heavy atom. The fourth-order valence-corrected chi connectivity index (χ4v) is 3.97. The van der Waals surface area contributed by atoms with Crippen LogP contribution in [-0.4, -0.2) is 40.4 Å². The van der Waals surface area contributed by atoms with Crippen LogP contribution in [0.25, 0.3) is 5.69 Å². The minimum absolute atomic E-state index is 0.0753. The summed E-state index contributed by atoms with van der Waals surface area (Å²) >= 11 is 5.99. The first-order chi connectivity index (χ1) is 13.5. The molecule has 0 saturated carbocycles. The normalized spacial score (nSPS) is 15.2. The molecule has 5 nitrogen and oxygen atoms in total. The summed E-state index contributed by atoms with van der Waals surface area (Å²) in [6.07, 6.45) is 0. The quantitative estimate of drug-likeness (QED) is 0.677. The highest BCUT2D eigenvalue weighted by molar-refractivity contribution is 6.30. The molecule has 1 aliphatic heterocycles. The van der Waals surface area contributed by atoms with Crippen LogP contribution in [0.2, 0.25) is 5.02 Å². The van der Waals surface area contributed by atoms with Gasteiger partial charge in [-0.1, -0.05) is 29.8 Å². The Kier molecular flexibility index (Phi) is 5.29. The van der Waals surface area contributed by atoms with Crippen LogP contribution in [0.1, 0.15) is 11.3 Å². The lowest BCUT2D eigenvalue weighted by Crippen LogP contribution is -2.46. The maximum atomic E-state index is 13.1. The molecule has 1 saturated heterocycles. The van der Waals surface area contributed by atoms with Crippen LogP contribution in [0, 0.1) is 6.92 Å². The van der Waals surface area contributed by atoms with Gasteiger partial charge < -0.3 is 4.90 Å². The highest BCUT2D eigenvalue weighted by Gasteiger charge is 2.22. The van der Waals surface area contributed by atoms with E-state index in [4.69, 9.17) is 11.6 Å². The zero-order chi connectivity index (χ0) is 19.7. The van der Waals surface area contributed by atoms with Gasteiger partial charge in [-0.2, -0.15) is 0 Å². The van der Waals surface area contributed by atoms with Crippen LogP contribution in [-0.2, 0) is 13.6 Å². The molecule has 146 valence electrons. The number of benzene rings is 2. The van der Waals surface area contributed by atoms with Gasteiger partial charge in [0.2, 0.25) is 0 Å². The maximum Gasteiger partial charge on any atom is 0.276 e. The van der Waals surface area contributed by atoms with E-state index in [-0.39, 0.29) is 5.56 Å². The fourth-order valence-electron chi connectivity index (χ4n) is 3.85. The summed E-state index contributed by atoms with van der Waals surface area (Å²) < 4.78 is 3.71. The molecule has 0 atom stereocenters. The van der Waals surface area contributed by atoms with E-state index in [9.17, 15) is 4.79 Å². The van der Waals surface area contributed by atoms with Gasteiger partial charge in [0.15, 0.2) is 0 Å². The van der Waals surface area contributed by atoms with Gasteiger partial charge in [0.05, 0.1) is 11.3 Å². The summed E-state index contributed by atoms with van der Waals surface area (Å²) in [4.78, 5) is 17.8. The number of anilines is 1. The van der Waals surface area contributed by atoms with E-state index in [1.807, 2.05) is 61.1 Å². The first-order valence-electron chi connectivity index (χ1n) is 9.60. The van der Waals surface area contributed by atoms with E-state index in [1.54, 1.807) is 4.68 Å². The van der Waals surface area contributed by atoms with Gasteiger partial charge in [0.25, 0.3) is 5.56 Å². The molecule has 0 aliphatic carbocycles. The maximum absolute atomic E-state index is 13.1. The Bertz CT molecular complexity index is 1000. The molecule has 0 bridgehead atoms. The van der Waals surface area contributed by atoms with E-state index < -0.39 is 0 Å². The summed E-state index contributed by atoms with van der Waals surface area (Å²) in [5.41, 5.74) is 4.08. The minimum atomic E-state index is 0.0753. The first kappa shape index (κ1) is 18.8. The average Bonchev–Trinajstić information content (AvgIpc) is 2.93. The van der Waals surface area contributed by atoms with Crippen LogP contribution in [0.3, 0.4) is 0 Å². The largest absolute Gasteiger partial charge is 0.369 e. The third-order valence-electron chi connectivity index (χ3n) is 5.62. The van der Waals surface area contributed by atoms with Crippen molar-refractivity contribution in [2.24, 2.45) is 7.05 Å². The highest BCUT2D eigenvalue weighted by Crippen LogP contribution is 2.20. The highest BCUT2D eigenvalue weighted by atomic mass is 35.5. The van der Waals surface area contributed by atoms with Gasteiger partial charge in [-0.15, -0.1) is 0 Å². The average molecular weight is 397 g/mol. The Balaban J connectivity index is 1.49. The van der Waals surface area contributed by atoms with E-state index in [2.05, 4.69) is 21.9 Å². The van der Waals surface area contributed by atoms with Crippen molar-refractivity contribution < 1.29 is 0 Å². The van der Waals surface area contributed by atoms with Crippen LogP contribution in [0.4, 0.5) is 5.69 Å². The molecule has 2 heterocycles. The van der Waals surface area contributed by atoms with Crippen molar-refractivity contribution in [2.75, 3.05) is 31.1 Å². The van der Waals surface area contributed by atoms with E-state index in [0.29, 0.717) is 6.54 Å². The molecule has 0 unspecified atom stereocenters. The number of hydrogen-bond acceptors (Lipinski definition) is 3. The number of piperazine rings is 1. The fraction of sp³-hybridized carbons (Fsp3) is 0.318. The number of nitrogens with zero attached hydrogens (tertiary/aromatic N) is 4. The van der Waals surface area contributed by atoms with Crippen molar-refractivity contribution in [1.82, 2.24) is 14.3 Å². The molecule has 6 heteroatoms. The van der Waals surface area contributed by atoms with E-state index in [1.165, 1.54) is 5.69 Å². The molecule has 0 radical (unpaired) electrons. The van der Waals surface area contributed by atoms with Crippen LogP contribution < -0.4 is 10.5 Å². The second-order valence-corrected chi connectivity index (χ2v) is 7.72. The molecular formula is C22H25ClN4O. The molecule has 0 spiro atoms. The molecular weight excluding hydrogens is 372 g/mol. The number of aromatic nitrogens is 2. The predicted molar refractivity (Wildman–Crippen MR) is 115 cm³/mol. The number of halogens is 1. The Labute approximate surface area is 170 Å². The third kappa shape index (κ3) is 3.60. The SMILES string of the molecule is Cc1c(CN2CCN(c3ccc(Cl)cc3)CC2)c(=O)n(-c2ccccc2)n1C. The zero-order valence-electron chi connectivity index (χ0n) is 16.3. The van der Waals surface area contributed by atoms with Crippen molar-refractivity contribution in [2.45, 2.75) is 13.5 Å². The Morgan fingerprint density at radius 2 is 1.54 bits per heavy atom. The predicted octanol–water partition coefficient (Wildman–Crippen LogP) is 3.46. The molecule has 28 heavy (non-hydrogen) atoms. The Hall–Kier alpha value is -2.50. The van der Waals surface area contributed by atoms with E-state index >= 15 is 0 Å². The minimum Gasteiger partial charge on any atom is -0.369 e. The molecule has 1 aromatic heterocycles. The van der Waals surface area contributed by atoms with Gasteiger partial charge >= 0.3 is 0 Å². The van der Waals surface area contributed by atoms with Crippen molar-refractivity contribution in [3.8, 4) is 5.69 Å². The van der Waals surface area contributed by atoms with Gasteiger partial charge in [0, 0.05) is 56.2 Å². The van der Waals surface area contributed by atoms with Crippen molar-refractivity contribution in [3.05, 3.63) is 81.2 Å². The van der Waals surface area contributed by atoms with Crippen LogP contribution in [0.5, 0.6) is 0 Å². The van der Waals surface area contributed by atoms with Gasteiger partial charge in [-0.3, -0.25) is 14.4 Å². The lowest BCUT2D eigenvalue weighted by Gasteiger charge is -2.36. The molecule has 1 fully saturated rings. The number of rotatable bonds is 4. The topological polar surface area (TPSA) is 33.4 Å². The zero-order valence-corrected chi connectivity index (χ0v) is 17.1. The summed E-state index contributed by atoms with van der Waals surface area (Å²) in [7, 11) is 1.95. The molecule has 0 amide bonds. The molecule has 2 aromatic carbocycles. The molecule has 3 aromatic rings. The standard InChI is InChI=1S/C22H25ClN4O/c1-17-21(22(28)27(24(17)2)20-6-4-3-5-7-20)16-25-12-14-26(15-13-25)19-10-8-18(23)9-11-19/h3-11H,12-16H2,1-2H3. The van der Waals surface area contributed by atoms with Crippen molar-refractivity contribution in [3.63, 3.8) is 0 Å². The summed E-state index contributed by atoms with van der Waals surface area (Å²) in [6, 6.07) is 17.8. The Morgan fingerprint density at radius 3 is 2.18 bits per heavy atom. The lowest BCUT2D eigenvalue weighted by molar-refractivity contribution is 0.248.